The van der Waals surface area contributed by atoms with E-state index in [9.17, 15) is 4.79 Å². The molecule has 0 spiro atoms. The number of carbonyl (C=O) groups excluding carboxylic acids is 1. The van der Waals surface area contributed by atoms with Crippen LogP contribution in [0, 0.1) is 0 Å². The molecule has 0 saturated heterocycles. The van der Waals surface area contributed by atoms with E-state index in [4.69, 9.17) is 9.47 Å². The van der Waals surface area contributed by atoms with Crippen LogP contribution in [0.3, 0.4) is 0 Å². The maximum absolute atomic E-state index is 11.3. The van der Waals surface area contributed by atoms with Gasteiger partial charge < -0.3 is 9.47 Å². The maximum Gasteiger partial charge on any atom is 0.306 e. The molecule has 3 nitrogen and oxygen atoms in total. The van der Waals surface area contributed by atoms with Gasteiger partial charge in [0.05, 0.1) is 5.60 Å². The lowest BCUT2D eigenvalue weighted by molar-refractivity contribution is -0.155. The van der Waals surface area contributed by atoms with Gasteiger partial charge in [0.15, 0.2) is 0 Å². The molecule has 0 aliphatic heterocycles. The van der Waals surface area contributed by atoms with Gasteiger partial charge >= 0.3 is 5.97 Å². The molecule has 0 radical (unpaired) electrons. The van der Waals surface area contributed by atoms with Gasteiger partial charge in [0, 0.05) is 13.0 Å². The van der Waals surface area contributed by atoms with E-state index in [1.807, 2.05) is 41.5 Å². The molecule has 3 heteroatoms. The predicted molar refractivity (Wildman–Crippen MR) is 60.8 cm³/mol. The standard InChI is InChI=1S/C12H24O3/c1-11(2,3)14-9-7-8-10(13)15-12(4,5)6/h7-9H2,1-6H3. The van der Waals surface area contributed by atoms with Gasteiger partial charge in [-0.15, -0.1) is 0 Å². The predicted octanol–water partition coefficient (Wildman–Crippen LogP) is 2.92. The third-order valence-corrected chi connectivity index (χ3v) is 1.48. The minimum atomic E-state index is -0.387. The highest BCUT2D eigenvalue weighted by Gasteiger charge is 2.16. The molecule has 0 rings (SSSR count). The van der Waals surface area contributed by atoms with Crippen molar-refractivity contribution in [3.05, 3.63) is 0 Å². The fourth-order valence-electron chi connectivity index (χ4n) is 0.987. The molecule has 15 heavy (non-hydrogen) atoms. The van der Waals surface area contributed by atoms with Gasteiger partial charge in [-0.1, -0.05) is 0 Å². The summed E-state index contributed by atoms with van der Waals surface area (Å²) in [7, 11) is 0. The molecule has 0 unspecified atom stereocenters. The first-order valence-electron chi connectivity index (χ1n) is 5.46. The van der Waals surface area contributed by atoms with Crippen molar-refractivity contribution in [2.45, 2.75) is 65.6 Å². The number of esters is 1. The monoisotopic (exact) mass is 216 g/mol. The van der Waals surface area contributed by atoms with E-state index < -0.39 is 0 Å². The lowest BCUT2D eigenvalue weighted by atomic mass is 10.2. The molecule has 0 bridgehead atoms. The minimum Gasteiger partial charge on any atom is -0.460 e. The number of carbonyl (C=O) groups is 1. The lowest BCUT2D eigenvalue weighted by Gasteiger charge is -2.21. The summed E-state index contributed by atoms with van der Waals surface area (Å²) in [5, 5.41) is 0. The summed E-state index contributed by atoms with van der Waals surface area (Å²) in [6.45, 7) is 12.2. The van der Waals surface area contributed by atoms with Gasteiger partial charge in [-0.2, -0.15) is 0 Å². The second-order valence-electron chi connectivity index (χ2n) is 5.65. The summed E-state index contributed by atoms with van der Waals surface area (Å²) in [5.74, 6) is -0.153. The summed E-state index contributed by atoms with van der Waals surface area (Å²) in [6.07, 6.45) is 1.14. The highest BCUT2D eigenvalue weighted by atomic mass is 16.6. The van der Waals surface area contributed by atoms with E-state index >= 15 is 0 Å². The first-order valence-corrected chi connectivity index (χ1v) is 5.46. The van der Waals surface area contributed by atoms with Gasteiger partial charge in [0.2, 0.25) is 0 Å². The summed E-state index contributed by atoms with van der Waals surface area (Å²) in [6, 6.07) is 0. The third kappa shape index (κ3) is 11.4. The second kappa shape index (κ2) is 5.50. The van der Waals surface area contributed by atoms with Crippen molar-refractivity contribution >= 4 is 5.97 Å². The van der Waals surface area contributed by atoms with E-state index in [1.165, 1.54) is 0 Å². The Hall–Kier alpha value is -0.570. The van der Waals surface area contributed by atoms with Crippen molar-refractivity contribution in [2.75, 3.05) is 6.61 Å². The van der Waals surface area contributed by atoms with Crippen molar-refractivity contribution in [1.82, 2.24) is 0 Å². The van der Waals surface area contributed by atoms with Crippen molar-refractivity contribution in [3.8, 4) is 0 Å². The van der Waals surface area contributed by atoms with Crippen molar-refractivity contribution in [1.29, 1.82) is 0 Å². The zero-order chi connectivity index (χ0) is 12.1. The summed E-state index contributed by atoms with van der Waals surface area (Å²) in [4.78, 5) is 11.3. The van der Waals surface area contributed by atoms with E-state index in [0.717, 1.165) is 0 Å². The second-order valence-corrected chi connectivity index (χ2v) is 5.65. The Kier molecular flexibility index (Phi) is 5.29. The van der Waals surface area contributed by atoms with Crippen LogP contribution in [-0.4, -0.2) is 23.8 Å². The molecule has 0 fully saturated rings. The van der Waals surface area contributed by atoms with Crippen LogP contribution in [0.15, 0.2) is 0 Å². The summed E-state index contributed by atoms with van der Waals surface area (Å²) < 4.78 is 10.7. The fourth-order valence-corrected chi connectivity index (χ4v) is 0.987. The zero-order valence-corrected chi connectivity index (χ0v) is 10.8. The van der Waals surface area contributed by atoms with Crippen LogP contribution in [0.5, 0.6) is 0 Å². The fraction of sp³-hybridized carbons (Fsp3) is 0.917. The largest absolute Gasteiger partial charge is 0.460 e. The Balaban J connectivity index is 3.57. The maximum atomic E-state index is 11.3. The van der Waals surface area contributed by atoms with Crippen LogP contribution < -0.4 is 0 Å². The average molecular weight is 216 g/mol. The van der Waals surface area contributed by atoms with E-state index in [-0.39, 0.29) is 17.2 Å². The Labute approximate surface area is 93.1 Å². The quantitative estimate of drug-likeness (QED) is 0.535. The van der Waals surface area contributed by atoms with E-state index in [1.54, 1.807) is 0 Å². The Morgan fingerprint density at radius 1 is 1.00 bits per heavy atom. The number of hydrogen-bond donors (Lipinski definition) is 0. The third-order valence-electron chi connectivity index (χ3n) is 1.48. The zero-order valence-electron chi connectivity index (χ0n) is 10.8. The number of rotatable bonds is 4. The van der Waals surface area contributed by atoms with Crippen molar-refractivity contribution in [3.63, 3.8) is 0 Å². The van der Waals surface area contributed by atoms with Gasteiger partial charge in [0.25, 0.3) is 0 Å². The van der Waals surface area contributed by atoms with Crippen LogP contribution in [0.2, 0.25) is 0 Å². The molecular formula is C12H24O3. The molecule has 90 valence electrons. The number of hydrogen-bond acceptors (Lipinski definition) is 3. The Morgan fingerprint density at radius 3 is 1.93 bits per heavy atom. The van der Waals surface area contributed by atoms with Crippen LogP contribution >= 0.6 is 0 Å². The van der Waals surface area contributed by atoms with Crippen LogP contribution in [0.25, 0.3) is 0 Å². The Morgan fingerprint density at radius 2 is 1.53 bits per heavy atom. The topological polar surface area (TPSA) is 35.5 Å². The SMILES string of the molecule is CC(C)(C)OCCCC(=O)OC(C)(C)C. The van der Waals surface area contributed by atoms with E-state index in [2.05, 4.69) is 0 Å². The first kappa shape index (κ1) is 14.4. The first-order chi connectivity index (χ1) is 6.60. The smallest absolute Gasteiger partial charge is 0.306 e. The highest BCUT2D eigenvalue weighted by molar-refractivity contribution is 5.69. The molecule has 0 aromatic carbocycles. The molecular weight excluding hydrogens is 192 g/mol. The van der Waals surface area contributed by atoms with Crippen LogP contribution in [0.1, 0.15) is 54.4 Å². The molecule has 0 aliphatic carbocycles. The minimum absolute atomic E-state index is 0.131. The molecule has 0 amide bonds. The van der Waals surface area contributed by atoms with Gasteiger partial charge in [-0.25, -0.2) is 0 Å². The molecule has 0 N–H and O–H groups in total. The van der Waals surface area contributed by atoms with Gasteiger partial charge in [0.1, 0.15) is 5.60 Å². The highest BCUT2D eigenvalue weighted by Crippen LogP contribution is 2.11. The normalized spacial score (nSPS) is 12.7. The summed E-state index contributed by atoms with van der Waals surface area (Å²) >= 11 is 0. The molecule has 0 atom stereocenters. The number of ether oxygens (including phenoxy) is 2. The molecule has 0 aliphatic rings. The van der Waals surface area contributed by atoms with Crippen molar-refractivity contribution in [2.24, 2.45) is 0 Å². The molecule has 0 saturated carbocycles. The Bertz CT molecular complexity index is 196. The van der Waals surface area contributed by atoms with Gasteiger partial charge in [-0.3, -0.25) is 4.79 Å². The molecule has 0 heterocycles. The van der Waals surface area contributed by atoms with E-state index in [0.29, 0.717) is 19.4 Å². The average Bonchev–Trinajstić information content (AvgIpc) is 1.92. The van der Waals surface area contributed by atoms with Crippen LogP contribution in [0.4, 0.5) is 0 Å². The molecule has 0 aromatic heterocycles. The van der Waals surface area contributed by atoms with Crippen molar-refractivity contribution < 1.29 is 14.3 Å². The molecule has 0 aromatic rings. The summed E-state index contributed by atoms with van der Waals surface area (Å²) in [5.41, 5.74) is -0.518. The van der Waals surface area contributed by atoms with Gasteiger partial charge in [-0.05, 0) is 48.0 Å². The van der Waals surface area contributed by atoms with Crippen LogP contribution in [-0.2, 0) is 14.3 Å². The lowest BCUT2D eigenvalue weighted by Crippen LogP contribution is -2.24.